The van der Waals surface area contributed by atoms with Crippen LogP contribution in [0, 0.1) is 10.1 Å². The van der Waals surface area contributed by atoms with Crippen molar-refractivity contribution in [1.29, 1.82) is 0 Å². The number of rotatable bonds is 8. The number of non-ortho nitro benzene ring substituents is 1. The van der Waals surface area contributed by atoms with Gasteiger partial charge in [-0.3, -0.25) is 10.1 Å². The number of aliphatic hydroxyl groups is 1. The third kappa shape index (κ3) is 5.23. The second kappa shape index (κ2) is 7.70. The fraction of sp³-hybridized carbons (Fsp3) is 0.538. The van der Waals surface area contributed by atoms with Gasteiger partial charge in [-0.15, -0.1) is 0 Å². The first-order chi connectivity index (χ1) is 9.04. The topological polar surface area (TPSA) is 84.6 Å². The fourth-order valence-electron chi connectivity index (χ4n) is 1.65. The van der Waals surface area contributed by atoms with E-state index in [9.17, 15) is 10.1 Å². The molecule has 6 nitrogen and oxygen atoms in total. The zero-order chi connectivity index (χ0) is 14.3. The molecule has 0 saturated carbocycles. The maximum atomic E-state index is 10.8. The van der Waals surface area contributed by atoms with Gasteiger partial charge in [0, 0.05) is 24.2 Å². The molecule has 0 aliphatic heterocycles. The smallest absolute Gasteiger partial charge is 0.270 e. The maximum Gasteiger partial charge on any atom is 0.270 e. The van der Waals surface area contributed by atoms with Crippen LogP contribution in [0.5, 0.6) is 5.75 Å². The third-order valence-electron chi connectivity index (χ3n) is 2.61. The van der Waals surface area contributed by atoms with Crippen molar-refractivity contribution in [3.63, 3.8) is 0 Å². The minimum atomic E-state index is -0.422. The van der Waals surface area contributed by atoms with Crippen LogP contribution in [0.4, 0.5) is 5.69 Å². The molecule has 0 bridgehead atoms. The Labute approximate surface area is 112 Å². The van der Waals surface area contributed by atoms with Crippen LogP contribution in [0.15, 0.2) is 18.2 Å². The first-order valence-electron chi connectivity index (χ1n) is 6.33. The van der Waals surface area contributed by atoms with E-state index < -0.39 is 4.92 Å². The van der Waals surface area contributed by atoms with Gasteiger partial charge in [0.2, 0.25) is 0 Å². The van der Waals surface area contributed by atoms with Crippen molar-refractivity contribution in [2.75, 3.05) is 13.2 Å². The molecule has 1 rings (SSSR count). The van der Waals surface area contributed by atoms with Gasteiger partial charge in [-0.25, -0.2) is 0 Å². The molecule has 1 unspecified atom stereocenters. The van der Waals surface area contributed by atoms with Crippen molar-refractivity contribution >= 4 is 5.69 Å². The van der Waals surface area contributed by atoms with Crippen LogP contribution < -0.4 is 10.1 Å². The molecule has 1 aromatic rings. The summed E-state index contributed by atoms with van der Waals surface area (Å²) in [5.41, 5.74) is 0.803. The van der Waals surface area contributed by atoms with Crippen LogP contribution in [0.2, 0.25) is 0 Å². The Balaban J connectivity index is 2.71. The van der Waals surface area contributed by atoms with Crippen LogP contribution in [-0.4, -0.2) is 29.3 Å². The Morgan fingerprint density at radius 1 is 1.53 bits per heavy atom. The van der Waals surface area contributed by atoms with Gasteiger partial charge in [-0.05, 0) is 32.9 Å². The van der Waals surface area contributed by atoms with E-state index in [0.29, 0.717) is 31.9 Å². The highest BCUT2D eigenvalue weighted by Gasteiger charge is 2.11. The lowest BCUT2D eigenvalue weighted by Crippen LogP contribution is -2.19. The monoisotopic (exact) mass is 268 g/mol. The largest absolute Gasteiger partial charge is 0.494 e. The first-order valence-corrected chi connectivity index (χ1v) is 6.33. The normalized spacial score (nSPS) is 12.2. The lowest BCUT2D eigenvalue weighted by atomic mass is 10.1. The van der Waals surface area contributed by atoms with Crippen LogP contribution in [0.1, 0.15) is 25.8 Å². The van der Waals surface area contributed by atoms with Crippen molar-refractivity contribution in [2.24, 2.45) is 0 Å². The molecule has 2 N–H and O–H groups in total. The number of benzene rings is 1. The summed E-state index contributed by atoms with van der Waals surface area (Å²) in [6, 6.07) is 4.57. The van der Waals surface area contributed by atoms with Crippen molar-refractivity contribution in [3.8, 4) is 5.75 Å². The van der Waals surface area contributed by atoms with E-state index in [2.05, 4.69) is 5.32 Å². The Morgan fingerprint density at radius 3 is 2.84 bits per heavy atom. The van der Waals surface area contributed by atoms with Crippen molar-refractivity contribution in [2.45, 2.75) is 32.9 Å². The van der Waals surface area contributed by atoms with E-state index in [4.69, 9.17) is 9.84 Å². The molecule has 0 radical (unpaired) electrons. The molecule has 0 aromatic heterocycles. The van der Waals surface area contributed by atoms with Gasteiger partial charge in [0.15, 0.2) is 0 Å². The molecule has 19 heavy (non-hydrogen) atoms. The molecule has 1 atom stereocenters. The second-order valence-corrected chi connectivity index (χ2v) is 4.30. The SMILES string of the molecule is CCOc1ccc([N+](=O)[O-])cc1CNCCC(C)O. The quantitative estimate of drug-likeness (QED) is 0.427. The van der Waals surface area contributed by atoms with E-state index in [1.54, 1.807) is 13.0 Å². The van der Waals surface area contributed by atoms with Gasteiger partial charge in [-0.2, -0.15) is 0 Å². The Hall–Kier alpha value is -1.66. The van der Waals surface area contributed by atoms with Gasteiger partial charge in [-0.1, -0.05) is 0 Å². The molecule has 0 heterocycles. The van der Waals surface area contributed by atoms with Crippen LogP contribution in [0.25, 0.3) is 0 Å². The highest BCUT2D eigenvalue weighted by atomic mass is 16.6. The highest BCUT2D eigenvalue weighted by Crippen LogP contribution is 2.24. The predicted molar refractivity (Wildman–Crippen MR) is 72.3 cm³/mol. The standard InChI is InChI=1S/C13H20N2O4/c1-3-19-13-5-4-12(15(17)18)8-11(13)9-14-7-6-10(2)16/h4-5,8,10,14,16H,3,6-7,9H2,1-2H3. The predicted octanol–water partition coefficient (Wildman–Crippen LogP) is 1.85. The summed E-state index contributed by atoms with van der Waals surface area (Å²) in [6.07, 6.45) is 0.280. The minimum Gasteiger partial charge on any atom is -0.494 e. The lowest BCUT2D eigenvalue weighted by Gasteiger charge is -2.11. The zero-order valence-electron chi connectivity index (χ0n) is 11.3. The van der Waals surface area contributed by atoms with E-state index in [1.165, 1.54) is 12.1 Å². The average molecular weight is 268 g/mol. The first kappa shape index (κ1) is 15.4. The number of nitro benzene ring substituents is 1. The third-order valence-corrected chi connectivity index (χ3v) is 2.61. The minimum absolute atomic E-state index is 0.0516. The number of nitrogens with zero attached hydrogens (tertiary/aromatic N) is 1. The summed E-state index contributed by atoms with van der Waals surface area (Å²) in [7, 11) is 0. The zero-order valence-corrected chi connectivity index (χ0v) is 11.3. The van der Waals surface area contributed by atoms with Crippen molar-refractivity contribution in [1.82, 2.24) is 5.32 Å². The molecular weight excluding hydrogens is 248 g/mol. The Bertz CT molecular complexity index is 421. The van der Waals surface area contributed by atoms with Crippen LogP contribution in [0.3, 0.4) is 0 Å². The number of hydrogen-bond acceptors (Lipinski definition) is 5. The van der Waals surface area contributed by atoms with Crippen molar-refractivity contribution in [3.05, 3.63) is 33.9 Å². The number of ether oxygens (including phenoxy) is 1. The molecule has 6 heteroatoms. The number of hydrogen-bond donors (Lipinski definition) is 2. The number of nitrogens with one attached hydrogen (secondary N) is 1. The molecule has 0 aliphatic rings. The summed E-state index contributed by atoms with van der Waals surface area (Å²) >= 11 is 0. The molecule has 0 aliphatic carbocycles. The van der Waals surface area contributed by atoms with E-state index >= 15 is 0 Å². The van der Waals surface area contributed by atoms with Gasteiger partial charge >= 0.3 is 0 Å². The lowest BCUT2D eigenvalue weighted by molar-refractivity contribution is -0.384. The Morgan fingerprint density at radius 2 is 2.26 bits per heavy atom. The summed E-state index contributed by atoms with van der Waals surface area (Å²) in [5.74, 6) is 0.651. The molecule has 106 valence electrons. The van der Waals surface area contributed by atoms with Crippen molar-refractivity contribution < 1.29 is 14.8 Å². The Kier molecular flexibility index (Phi) is 6.24. The van der Waals surface area contributed by atoms with E-state index in [-0.39, 0.29) is 11.8 Å². The van der Waals surface area contributed by atoms with Gasteiger partial charge < -0.3 is 15.2 Å². The molecular formula is C13H20N2O4. The molecule has 0 spiro atoms. The number of nitro groups is 1. The number of aliphatic hydroxyl groups excluding tert-OH is 1. The summed E-state index contributed by atoms with van der Waals surface area (Å²) < 4.78 is 5.44. The van der Waals surface area contributed by atoms with E-state index in [1.807, 2.05) is 6.92 Å². The summed E-state index contributed by atoms with van der Waals surface area (Å²) in [6.45, 7) is 5.22. The second-order valence-electron chi connectivity index (χ2n) is 4.30. The van der Waals surface area contributed by atoms with Gasteiger partial charge in [0.1, 0.15) is 5.75 Å². The summed E-state index contributed by atoms with van der Waals surface area (Å²) in [4.78, 5) is 10.3. The van der Waals surface area contributed by atoms with Crippen LogP contribution in [-0.2, 0) is 6.54 Å². The van der Waals surface area contributed by atoms with Crippen LogP contribution >= 0.6 is 0 Å². The average Bonchev–Trinajstić information content (AvgIpc) is 2.36. The van der Waals surface area contributed by atoms with Gasteiger partial charge in [0.25, 0.3) is 5.69 Å². The molecule has 0 amide bonds. The van der Waals surface area contributed by atoms with Gasteiger partial charge in [0.05, 0.1) is 17.6 Å². The fourth-order valence-corrected chi connectivity index (χ4v) is 1.65. The van der Waals surface area contributed by atoms with E-state index in [0.717, 1.165) is 5.56 Å². The summed E-state index contributed by atoms with van der Waals surface area (Å²) in [5, 5.41) is 23.0. The molecule has 0 fully saturated rings. The molecule has 0 saturated heterocycles. The highest BCUT2D eigenvalue weighted by molar-refractivity contribution is 5.43. The maximum absolute atomic E-state index is 10.8. The molecule has 1 aromatic carbocycles.